The van der Waals surface area contributed by atoms with E-state index < -0.39 is 11.6 Å². The van der Waals surface area contributed by atoms with Gasteiger partial charge in [0, 0.05) is 0 Å². The van der Waals surface area contributed by atoms with Crippen molar-refractivity contribution < 1.29 is 15.0 Å². The van der Waals surface area contributed by atoms with Crippen molar-refractivity contribution in [3.05, 3.63) is 11.6 Å². The summed E-state index contributed by atoms with van der Waals surface area (Å²) in [5.74, 6) is 3.99. The molecule has 0 spiro atoms. The van der Waals surface area contributed by atoms with Crippen molar-refractivity contribution in [2.75, 3.05) is 0 Å². The van der Waals surface area contributed by atoms with E-state index in [1.165, 1.54) is 50.5 Å². The second-order valence-electron chi connectivity index (χ2n) is 13.3. The first-order valence-corrected chi connectivity index (χ1v) is 13.6. The molecule has 2 N–H and O–H groups in total. The van der Waals surface area contributed by atoms with Crippen molar-refractivity contribution in [2.24, 2.45) is 46.3 Å². The fourth-order valence-corrected chi connectivity index (χ4v) is 9.17. The number of aliphatic carboxylic acids is 1. The Hall–Kier alpha value is -0.830. The summed E-state index contributed by atoms with van der Waals surface area (Å²) in [6, 6.07) is 0. The highest BCUT2D eigenvalue weighted by Crippen LogP contribution is 2.67. The van der Waals surface area contributed by atoms with Gasteiger partial charge >= 0.3 is 5.97 Å². The molecular weight excluding hydrogens is 396 g/mol. The van der Waals surface area contributed by atoms with E-state index in [9.17, 15) is 15.0 Å². The highest BCUT2D eigenvalue weighted by molar-refractivity contribution is 5.68. The summed E-state index contributed by atoms with van der Waals surface area (Å²) in [5.41, 5.74) is 0.986. The van der Waals surface area contributed by atoms with Crippen LogP contribution in [0.5, 0.6) is 0 Å². The van der Waals surface area contributed by atoms with Gasteiger partial charge in [-0.1, -0.05) is 65.5 Å². The molecule has 0 bridgehead atoms. The molecule has 3 heteroatoms. The van der Waals surface area contributed by atoms with Crippen LogP contribution in [0, 0.1) is 46.3 Å². The summed E-state index contributed by atoms with van der Waals surface area (Å²) >= 11 is 0. The average Bonchev–Trinajstić information content (AvgIpc) is 3.05. The van der Waals surface area contributed by atoms with Crippen molar-refractivity contribution in [1.82, 2.24) is 0 Å². The molecule has 3 saturated carbocycles. The summed E-state index contributed by atoms with van der Waals surface area (Å²) in [6.07, 6.45) is 15.2. The maximum absolute atomic E-state index is 11.3. The number of rotatable bonds is 7. The molecule has 0 radical (unpaired) electrons. The lowest BCUT2D eigenvalue weighted by Crippen LogP contribution is -2.52. The highest BCUT2D eigenvalue weighted by atomic mass is 16.4. The van der Waals surface area contributed by atoms with Crippen LogP contribution in [0.1, 0.15) is 112 Å². The van der Waals surface area contributed by atoms with Crippen LogP contribution < -0.4 is 0 Å². The fourth-order valence-electron chi connectivity index (χ4n) is 9.17. The number of carboxylic acids is 1. The maximum atomic E-state index is 11.3. The second kappa shape index (κ2) is 8.75. The van der Waals surface area contributed by atoms with Gasteiger partial charge < -0.3 is 10.2 Å². The smallest absolute Gasteiger partial charge is 0.306 e. The molecule has 182 valence electrons. The Balaban J connectivity index is 1.49. The molecule has 0 heterocycles. The minimum Gasteiger partial charge on any atom is -0.481 e. The predicted molar refractivity (Wildman–Crippen MR) is 130 cm³/mol. The monoisotopic (exact) mass is 444 g/mol. The number of carbonyl (C=O) groups is 1. The van der Waals surface area contributed by atoms with Crippen LogP contribution >= 0.6 is 0 Å². The summed E-state index contributed by atoms with van der Waals surface area (Å²) in [6.45, 7) is 12.3. The van der Waals surface area contributed by atoms with Gasteiger partial charge in [0.15, 0.2) is 0 Å². The Kier molecular flexibility index (Phi) is 6.64. The van der Waals surface area contributed by atoms with E-state index in [2.05, 4.69) is 40.7 Å². The van der Waals surface area contributed by atoms with Gasteiger partial charge in [0.05, 0.1) is 12.0 Å². The van der Waals surface area contributed by atoms with Crippen molar-refractivity contribution in [3.63, 3.8) is 0 Å². The van der Waals surface area contributed by atoms with Crippen molar-refractivity contribution in [1.29, 1.82) is 0 Å². The van der Waals surface area contributed by atoms with Crippen LogP contribution in [0.25, 0.3) is 0 Å². The van der Waals surface area contributed by atoms with Crippen molar-refractivity contribution >= 4 is 5.97 Å². The zero-order valence-electron chi connectivity index (χ0n) is 21.3. The van der Waals surface area contributed by atoms with Gasteiger partial charge in [-0.15, -0.1) is 0 Å². The van der Waals surface area contributed by atoms with Crippen LogP contribution in [-0.2, 0) is 4.79 Å². The Labute approximate surface area is 196 Å². The fraction of sp³-hybridized carbons (Fsp3) is 0.897. The molecule has 4 aliphatic rings. The second-order valence-corrected chi connectivity index (χ2v) is 13.3. The topological polar surface area (TPSA) is 57.5 Å². The molecule has 0 aromatic rings. The molecule has 0 unspecified atom stereocenters. The molecule has 3 nitrogen and oxygen atoms in total. The standard InChI is InChI=1S/C29H48O3/c1-19(2)7-6-8-20(3)23-11-12-24-22-10-9-21-17-29(32,18-26(30)31)16-15-27(21,4)25(22)13-14-28(23,24)5/h9,19-20,22-25,32H,6-8,10-18H2,1-5H3,(H,30,31)/t20-,22+,23-,24+,25+,27+,28-,29+/m1/s1. The van der Waals surface area contributed by atoms with Gasteiger partial charge in [-0.05, 0) is 97.7 Å². The molecule has 0 amide bonds. The lowest BCUT2D eigenvalue weighted by atomic mass is 9.46. The van der Waals surface area contributed by atoms with Crippen LogP contribution in [0.2, 0.25) is 0 Å². The van der Waals surface area contributed by atoms with Crippen molar-refractivity contribution in [3.8, 4) is 0 Å². The zero-order valence-corrected chi connectivity index (χ0v) is 21.3. The highest BCUT2D eigenvalue weighted by Gasteiger charge is 2.60. The van der Waals surface area contributed by atoms with Gasteiger partial charge in [0.2, 0.25) is 0 Å². The van der Waals surface area contributed by atoms with E-state index in [1.54, 1.807) is 0 Å². The Bertz CT molecular complexity index is 741. The van der Waals surface area contributed by atoms with Crippen LogP contribution in [0.15, 0.2) is 11.6 Å². The SMILES string of the molecule is CC(C)CCC[C@@H](C)[C@H]1CC[C@H]2[C@@H]3CC=C4C[C@](O)(CC(=O)O)CC[C@]4(C)[C@H]3CC[C@]12C. The number of fused-ring (bicyclic) bond motifs is 5. The summed E-state index contributed by atoms with van der Waals surface area (Å²) in [5, 5.41) is 20.2. The van der Waals surface area contributed by atoms with Crippen molar-refractivity contribution in [2.45, 2.75) is 117 Å². The number of carboxylic acid groups (broad SMARTS) is 1. The minimum atomic E-state index is -1.04. The minimum absolute atomic E-state index is 0.119. The molecule has 8 atom stereocenters. The summed E-state index contributed by atoms with van der Waals surface area (Å²) in [4.78, 5) is 11.3. The average molecular weight is 445 g/mol. The predicted octanol–water partition coefficient (Wildman–Crippen LogP) is 7.23. The lowest BCUT2D eigenvalue weighted by Gasteiger charge is -2.59. The quantitative estimate of drug-likeness (QED) is 0.407. The van der Waals surface area contributed by atoms with Crippen LogP contribution in [0.4, 0.5) is 0 Å². The van der Waals surface area contributed by atoms with E-state index >= 15 is 0 Å². The number of aliphatic hydroxyl groups is 1. The molecule has 0 saturated heterocycles. The van der Waals surface area contributed by atoms with Gasteiger partial charge in [0.25, 0.3) is 0 Å². The Morgan fingerprint density at radius 3 is 2.50 bits per heavy atom. The van der Waals surface area contributed by atoms with Crippen LogP contribution in [-0.4, -0.2) is 21.8 Å². The number of hydrogen-bond donors (Lipinski definition) is 2. The van der Waals surface area contributed by atoms with Gasteiger partial charge in [-0.3, -0.25) is 4.79 Å². The van der Waals surface area contributed by atoms with Gasteiger partial charge in [-0.2, -0.15) is 0 Å². The molecule has 32 heavy (non-hydrogen) atoms. The normalized spacial score (nSPS) is 44.4. The maximum Gasteiger partial charge on any atom is 0.306 e. The largest absolute Gasteiger partial charge is 0.481 e. The van der Waals surface area contributed by atoms with Crippen LogP contribution in [0.3, 0.4) is 0 Å². The molecule has 4 aliphatic carbocycles. The van der Waals surface area contributed by atoms with E-state index in [-0.39, 0.29) is 11.8 Å². The van der Waals surface area contributed by atoms with E-state index in [0.717, 1.165) is 42.4 Å². The Morgan fingerprint density at radius 2 is 1.81 bits per heavy atom. The first-order chi connectivity index (χ1) is 15.0. The van der Waals surface area contributed by atoms with E-state index in [1.807, 2.05) is 0 Å². The molecular formula is C29H48O3. The molecule has 3 fully saturated rings. The third kappa shape index (κ3) is 4.21. The number of allylic oxidation sites excluding steroid dienone is 1. The molecule has 0 aliphatic heterocycles. The third-order valence-corrected chi connectivity index (χ3v) is 10.9. The zero-order chi connectivity index (χ0) is 23.3. The first-order valence-electron chi connectivity index (χ1n) is 13.6. The number of hydrogen-bond acceptors (Lipinski definition) is 2. The summed E-state index contributed by atoms with van der Waals surface area (Å²) in [7, 11) is 0. The summed E-state index contributed by atoms with van der Waals surface area (Å²) < 4.78 is 0. The van der Waals surface area contributed by atoms with Gasteiger partial charge in [-0.25, -0.2) is 0 Å². The first kappa shape index (κ1) is 24.3. The molecule has 0 aromatic heterocycles. The van der Waals surface area contributed by atoms with Gasteiger partial charge in [0.1, 0.15) is 0 Å². The lowest BCUT2D eigenvalue weighted by molar-refractivity contribution is -0.145. The van der Waals surface area contributed by atoms with E-state index in [0.29, 0.717) is 24.2 Å². The third-order valence-electron chi connectivity index (χ3n) is 10.9. The Morgan fingerprint density at radius 1 is 1.06 bits per heavy atom. The molecule has 0 aromatic carbocycles. The van der Waals surface area contributed by atoms with E-state index in [4.69, 9.17) is 0 Å². The molecule has 4 rings (SSSR count).